The molecule has 0 nitrogen and oxygen atoms in total. The van der Waals surface area contributed by atoms with E-state index >= 15 is 0 Å². The largest absolute Gasteiger partial charge is 0.152 e. The Morgan fingerprint density at radius 1 is 1.55 bits per heavy atom. The first-order valence-corrected chi connectivity index (χ1v) is 4.74. The minimum Gasteiger partial charge on any atom is -0.152 e. The van der Waals surface area contributed by atoms with E-state index in [1.165, 1.54) is 24.0 Å². The summed E-state index contributed by atoms with van der Waals surface area (Å²) in [4.78, 5) is 0. The molecule has 0 atom stereocenters. The van der Waals surface area contributed by atoms with Crippen molar-refractivity contribution < 1.29 is 0 Å². The van der Waals surface area contributed by atoms with Crippen molar-refractivity contribution in [3.63, 3.8) is 0 Å². The second kappa shape index (κ2) is 2.12. The number of aryl methyl sites for hydroxylation is 1. The van der Waals surface area contributed by atoms with Gasteiger partial charge in [0.2, 0.25) is 0 Å². The average molecular weight is 162 g/mol. The highest BCUT2D eigenvalue weighted by Crippen LogP contribution is 2.49. The van der Waals surface area contributed by atoms with Crippen molar-refractivity contribution in [3.05, 3.63) is 21.9 Å². The van der Waals surface area contributed by atoms with Crippen LogP contribution in [-0.4, -0.2) is 0 Å². The van der Waals surface area contributed by atoms with Crippen LogP contribution in [0.3, 0.4) is 0 Å². The predicted octanol–water partition coefficient (Wildman–Crippen LogP) is 2.72. The van der Waals surface area contributed by atoms with Gasteiger partial charge in [0.25, 0.3) is 0 Å². The molecule has 0 saturated heterocycles. The molecule has 1 heterocycles. The molecule has 0 N–H and O–H groups in total. The summed E-state index contributed by atoms with van der Waals surface area (Å²) in [6.45, 7) is 2.14. The zero-order chi connectivity index (χ0) is 7.90. The third-order valence-electron chi connectivity index (χ3n) is 2.40. The molecular weight excluding hydrogens is 152 g/mol. The van der Waals surface area contributed by atoms with Gasteiger partial charge in [0.15, 0.2) is 0 Å². The fraction of sp³-hybridized carbons (Fsp3) is 0.400. The van der Waals surface area contributed by atoms with E-state index in [2.05, 4.69) is 23.6 Å². The molecule has 0 aromatic carbocycles. The van der Waals surface area contributed by atoms with Crippen LogP contribution in [0.1, 0.15) is 24.0 Å². The molecule has 1 aliphatic carbocycles. The molecule has 1 aromatic heterocycles. The Bertz CT molecular complexity index is 310. The predicted molar refractivity (Wildman–Crippen MR) is 48.8 cm³/mol. The van der Waals surface area contributed by atoms with Gasteiger partial charge >= 0.3 is 0 Å². The van der Waals surface area contributed by atoms with Gasteiger partial charge in [-0.15, -0.1) is 6.42 Å². The maximum absolute atomic E-state index is 5.48. The van der Waals surface area contributed by atoms with Crippen molar-refractivity contribution in [2.45, 2.75) is 25.2 Å². The van der Waals surface area contributed by atoms with Crippen LogP contribution in [0.5, 0.6) is 0 Å². The Morgan fingerprint density at radius 2 is 2.27 bits per heavy atom. The summed E-state index contributed by atoms with van der Waals surface area (Å²) in [5, 5.41) is 4.37. The van der Waals surface area contributed by atoms with Crippen LogP contribution in [0.4, 0.5) is 0 Å². The molecule has 1 aromatic rings. The fourth-order valence-electron chi connectivity index (χ4n) is 1.47. The van der Waals surface area contributed by atoms with Crippen LogP contribution in [-0.2, 0) is 5.41 Å². The lowest BCUT2D eigenvalue weighted by atomic mass is 9.97. The number of hydrogen-bond acceptors (Lipinski definition) is 1. The van der Waals surface area contributed by atoms with Crippen LogP contribution >= 0.6 is 11.3 Å². The Kier molecular flexibility index (Phi) is 1.34. The van der Waals surface area contributed by atoms with Crippen molar-refractivity contribution in [3.8, 4) is 12.3 Å². The standard InChI is InChI=1S/C10H10S/c1-3-10(4-5-10)9-7-11-6-8(9)2/h1,6-7H,4-5H2,2H3. The Morgan fingerprint density at radius 3 is 2.64 bits per heavy atom. The second-order valence-electron chi connectivity index (χ2n) is 3.19. The van der Waals surface area contributed by atoms with Crippen molar-refractivity contribution in [2.75, 3.05) is 0 Å². The first kappa shape index (κ1) is 6.94. The molecule has 0 radical (unpaired) electrons. The van der Waals surface area contributed by atoms with Gasteiger partial charge in [-0.1, -0.05) is 5.92 Å². The molecule has 0 unspecified atom stereocenters. The highest BCUT2D eigenvalue weighted by Gasteiger charge is 2.43. The molecule has 1 saturated carbocycles. The first-order valence-electron chi connectivity index (χ1n) is 3.79. The van der Waals surface area contributed by atoms with Crippen molar-refractivity contribution in [1.29, 1.82) is 0 Å². The van der Waals surface area contributed by atoms with Gasteiger partial charge < -0.3 is 0 Å². The highest BCUT2D eigenvalue weighted by atomic mass is 32.1. The average Bonchev–Trinajstić information content (AvgIpc) is 2.70. The third-order valence-corrected chi connectivity index (χ3v) is 3.26. The quantitative estimate of drug-likeness (QED) is 0.557. The summed E-state index contributed by atoms with van der Waals surface area (Å²) >= 11 is 1.75. The van der Waals surface area contributed by atoms with Crippen molar-refractivity contribution in [2.24, 2.45) is 0 Å². The minimum atomic E-state index is 0.143. The zero-order valence-corrected chi connectivity index (χ0v) is 7.37. The summed E-state index contributed by atoms with van der Waals surface area (Å²) in [5.74, 6) is 2.90. The minimum absolute atomic E-state index is 0.143. The molecule has 1 aliphatic rings. The molecule has 0 bridgehead atoms. The molecule has 0 spiro atoms. The van der Waals surface area contributed by atoms with E-state index in [4.69, 9.17) is 6.42 Å². The lowest BCUT2D eigenvalue weighted by Crippen LogP contribution is -2.01. The summed E-state index contributed by atoms with van der Waals surface area (Å²) in [6, 6.07) is 0. The van der Waals surface area contributed by atoms with Crippen LogP contribution in [0.25, 0.3) is 0 Å². The monoisotopic (exact) mass is 162 g/mol. The van der Waals surface area contributed by atoms with E-state index in [0.717, 1.165) is 0 Å². The zero-order valence-electron chi connectivity index (χ0n) is 6.55. The van der Waals surface area contributed by atoms with E-state index < -0.39 is 0 Å². The first-order chi connectivity index (χ1) is 5.28. The number of terminal acetylenes is 1. The Balaban J connectivity index is 2.45. The van der Waals surface area contributed by atoms with Gasteiger partial charge in [0.1, 0.15) is 0 Å². The van der Waals surface area contributed by atoms with Gasteiger partial charge in [-0.3, -0.25) is 0 Å². The van der Waals surface area contributed by atoms with Crippen molar-refractivity contribution >= 4 is 11.3 Å². The second-order valence-corrected chi connectivity index (χ2v) is 3.94. The lowest BCUT2D eigenvalue weighted by Gasteiger charge is -2.05. The molecule has 11 heavy (non-hydrogen) atoms. The smallest absolute Gasteiger partial charge is 0.0572 e. The summed E-state index contributed by atoms with van der Waals surface area (Å²) < 4.78 is 0. The molecule has 0 aliphatic heterocycles. The summed E-state index contributed by atoms with van der Waals surface area (Å²) in [5.41, 5.74) is 2.90. The van der Waals surface area contributed by atoms with Gasteiger partial charge in [-0.2, -0.15) is 11.3 Å². The van der Waals surface area contributed by atoms with Crippen LogP contribution < -0.4 is 0 Å². The van der Waals surface area contributed by atoms with Gasteiger partial charge in [0.05, 0.1) is 5.41 Å². The maximum Gasteiger partial charge on any atom is 0.0572 e. The normalized spacial score (nSPS) is 19.3. The molecule has 0 amide bonds. The Labute approximate surface area is 71.3 Å². The molecular formula is C10H10S. The molecule has 2 rings (SSSR count). The highest BCUT2D eigenvalue weighted by molar-refractivity contribution is 7.08. The SMILES string of the molecule is C#CC1(c2cscc2C)CC1. The summed E-state index contributed by atoms with van der Waals surface area (Å²) in [7, 11) is 0. The van der Waals surface area contributed by atoms with E-state index in [0.29, 0.717) is 0 Å². The van der Waals surface area contributed by atoms with E-state index in [-0.39, 0.29) is 5.41 Å². The van der Waals surface area contributed by atoms with Gasteiger partial charge in [-0.05, 0) is 41.7 Å². The van der Waals surface area contributed by atoms with E-state index in [1.807, 2.05) is 0 Å². The van der Waals surface area contributed by atoms with E-state index in [9.17, 15) is 0 Å². The van der Waals surface area contributed by atoms with Gasteiger partial charge in [-0.25, -0.2) is 0 Å². The number of rotatable bonds is 1. The number of hydrogen-bond donors (Lipinski definition) is 0. The molecule has 1 heteroatoms. The Hall–Kier alpha value is -0.740. The topological polar surface area (TPSA) is 0 Å². The fourth-order valence-corrected chi connectivity index (χ4v) is 2.41. The van der Waals surface area contributed by atoms with E-state index in [1.54, 1.807) is 11.3 Å². The van der Waals surface area contributed by atoms with Gasteiger partial charge in [0, 0.05) is 0 Å². The molecule has 56 valence electrons. The maximum atomic E-state index is 5.48. The summed E-state index contributed by atoms with van der Waals surface area (Å²) in [6.07, 6.45) is 7.85. The number of thiophene rings is 1. The molecule has 1 fully saturated rings. The van der Waals surface area contributed by atoms with Crippen LogP contribution in [0.2, 0.25) is 0 Å². The van der Waals surface area contributed by atoms with Crippen molar-refractivity contribution in [1.82, 2.24) is 0 Å². The van der Waals surface area contributed by atoms with Crippen LogP contribution in [0, 0.1) is 19.3 Å². The third kappa shape index (κ3) is 0.902. The van der Waals surface area contributed by atoms with Crippen LogP contribution in [0.15, 0.2) is 10.8 Å². The lowest BCUT2D eigenvalue weighted by molar-refractivity contribution is 0.926.